The van der Waals surface area contributed by atoms with Crippen LogP contribution in [0.3, 0.4) is 0 Å². The maximum Gasteiger partial charge on any atom is 0.320 e. The molecule has 0 aromatic heterocycles. The number of alkyl halides is 1. The molecule has 5 heteroatoms. The third-order valence-corrected chi connectivity index (χ3v) is 3.95. The molecule has 1 aliphatic rings. The van der Waals surface area contributed by atoms with Crippen LogP contribution in [0.25, 0.3) is 0 Å². The lowest BCUT2D eigenvalue weighted by molar-refractivity contribution is -0.139. The summed E-state index contributed by atoms with van der Waals surface area (Å²) >= 11 is 3.31. The van der Waals surface area contributed by atoms with Gasteiger partial charge in [-0.05, 0) is 33.4 Å². The number of carbonyl (C=O) groups excluding carboxylic acids is 1. The Hall–Kier alpha value is -0.130. The van der Waals surface area contributed by atoms with Crippen molar-refractivity contribution in [2.45, 2.75) is 36.7 Å². The Morgan fingerprint density at radius 1 is 1.69 bits per heavy atom. The summed E-state index contributed by atoms with van der Waals surface area (Å²) in [7, 11) is 3.57. The van der Waals surface area contributed by atoms with Crippen molar-refractivity contribution in [2.24, 2.45) is 0 Å². The number of hydrogen-bond donors (Lipinski definition) is 1. The van der Waals surface area contributed by atoms with E-state index < -0.39 is 0 Å². The van der Waals surface area contributed by atoms with E-state index in [0.717, 1.165) is 19.4 Å². The van der Waals surface area contributed by atoms with Crippen molar-refractivity contribution in [3.8, 4) is 0 Å². The molecule has 0 aliphatic carbocycles. The minimum atomic E-state index is -0.243. The van der Waals surface area contributed by atoms with Crippen LogP contribution in [0.2, 0.25) is 0 Å². The smallest absolute Gasteiger partial charge is 0.320 e. The molecule has 3 unspecified atom stereocenters. The van der Waals surface area contributed by atoms with E-state index in [-0.39, 0.29) is 10.8 Å². The summed E-state index contributed by atoms with van der Waals surface area (Å²) in [5.41, 5.74) is 0. The number of halogens is 1. The van der Waals surface area contributed by atoms with E-state index in [2.05, 4.69) is 44.9 Å². The van der Waals surface area contributed by atoms with Gasteiger partial charge in [-0.1, -0.05) is 15.9 Å². The number of ether oxygens (including phenoxy) is 1. The fourth-order valence-corrected chi connectivity index (χ4v) is 2.33. The summed E-state index contributed by atoms with van der Waals surface area (Å²) in [6, 6.07) is 1.12. The lowest BCUT2D eigenvalue weighted by atomic mass is 9.99. The summed E-state index contributed by atoms with van der Waals surface area (Å²) in [5.74, 6) is -0.214. The zero-order chi connectivity index (χ0) is 12.1. The molecule has 4 nitrogen and oxygen atoms in total. The van der Waals surface area contributed by atoms with Gasteiger partial charge in [-0.15, -0.1) is 0 Å². The van der Waals surface area contributed by atoms with Gasteiger partial charge >= 0.3 is 5.97 Å². The quantitative estimate of drug-likeness (QED) is 0.620. The number of esters is 1. The van der Waals surface area contributed by atoms with Crippen LogP contribution in [0.5, 0.6) is 0 Å². The number of nitrogens with zero attached hydrogens (tertiary/aromatic N) is 1. The maximum atomic E-state index is 11.2. The Morgan fingerprint density at radius 3 is 2.94 bits per heavy atom. The molecule has 1 aliphatic heterocycles. The summed E-state index contributed by atoms with van der Waals surface area (Å²) in [6.07, 6.45) is 2.28. The van der Waals surface area contributed by atoms with Gasteiger partial charge in [0.05, 0.1) is 7.11 Å². The molecule has 1 saturated heterocycles. The van der Waals surface area contributed by atoms with Crippen LogP contribution >= 0.6 is 15.9 Å². The van der Waals surface area contributed by atoms with E-state index >= 15 is 0 Å². The molecule has 0 aromatic rings. The van der Waals surface area contributed by atoms with Crippen molar-refractivity contribution in [3.05, 3.63) is 0 Å². The zero-order valence-electron chi connectivity index (χ0n) is 10.2. The molecule has 1 rings (SSSR count). The molecule has 3 atom stereocenters. The fourth-order valence-electron chi connectivity index (χ4n) is 1.96. The van der Waals surface area contributed by atoms with Crippen LogP contribution in [0.4, 0.5) is 0 Å². The number of hydrogen-bond acceptors (Lipinski definition) is 4. The van der Waals surface area contributed by atoms with Gasteiger partial charge in [0, 0.05) is 18.6 Å². The SMILES string of the molecule is COC(=O)C(Br)CNC1CCN(C)C(C)C1. The van der Waals surface area contributed by atoms with Crippen molar-refractivity contribution in [2.75, 3.05) is 27.2 Å². The maximum absolute atomic E-state index is 11.2. The van der Waals surface area contributed by atoms with Gasteiger partial charge in [-0.3, -0.25) is 4.79 Å². The number of nitrogens with one attached hydrogen (secondary N) is 1. The first-order valence-corrected chi connectivity index (χ1v) is 6.61. The first kappa shape index (κ1) is 13.9. The Balaban J connectivity index is 2.25. The normalized spacial score (nSPS) is 28.8. The summed E-state index contributed by atoms with van der Waals surface area (Å²) in [6.45, 7) is 3.98. The Kier molecular flexibility index (Phi) is 5.72. The summed E-state index contributed by atoms with van der Waals surface area (Å²) in [5, 5.41) is 3.41. The Labute approximate surface area is 106 Å². The standard InChI is InChI=1S/C11H21BrN2O2/c1-8-6-9(4-5-14(8)2)13-7-10(12)11(15)16-3/h8-10,13H,4-7H2,1-3H3. The van der Waals surface area contributed by atoms with Crippen LogP contribution in [-0.2, 0) is 9.53 Å². The predicted molar refractivity (Wildman–Crippen MR) is 67.8 cm³/mol. The minimum absolute atomic E-state index is 0.214. The molecule has 0 amide bonds. The molecule has 94 valence electrons. The van der Waals surface area contributed by atoms with Crippen LogP contribution in [0.1, 0.15) is 19.8 Å². The van der Waals surface area contributed by atoms with Crippen LogP contribution < -0.4 is 5.32 Å². The van der Waals surface area contributed by atoms with Gasteiger partial charge in [0.1, 0.15) is 4.83 Å². The third-order valence-electron chi connectivity index (χ3n) is 3.25. The molecule has 0 spiro atoms. The van der Waals surface area contributed by atoms with Crippen LogP contribution in [0.15, 0.2) is 0 Å². The topological polar surface area (TPSA) is 41.6 Å². The van der Waals surface area contributed by atoms with E-state index in [9.17, 15) is 4.79 Å². The summed E-state index contributed by atoms with van der Waals surface area (Å²) in [4.78, 5) is 13.3. The first-order valence-electron chi connectivity index (χ1n) is 5.70. The molecule has 0 aromatic carbocycles. The van der Waals surface area contributed by atoms with E-state index in [4.69, 9.17) is 0 Å². The zero-order valence-corrected chi connectivity index (χ0v) is 11.8. The highest BCUT2D eigenvalue weighted by Crippen LogP contribution is 2.15. The molecule has 0 bridgehead atoms. The Morgan fingerprint density at radius 2 is 2.38 bits per heavy atom. The molecular weight excluding hydrogens is 272 g/mol. The number of likely N-dealkylation sites (tertiary alicyclic amines) is 1. The summed E-state index contributed by atoms with van der Waals surface area (Å²) < 4.78 is 4.66. The van der Waals surface area contributed by atoms with Gasteiger partial charge < -0.3 is 15.0 Å². The van der Waals surface area contributed by atoms with Crippen LogP contribution in [-0.4, -0.2) is 55.0 Å². The average molecular weight is 293 g/mol. The van der Waals surface area contributed by atoms with E-state index in [1.807, 2.05) is 0 Å². The van der Waals surface area contributed by atoms with Crippen molar-refractivity contribution >= 4 is 21.9 Å². The number of piperidine rings is 1. The second-order valence-corrected chi connectivity index (χ2v) is 5.56. The molecular formula is C11H21BrN2O2. The molecule has 0 saturated carbocycles. The largest absolute Gasteiger partial charge is 0.468 e. The van der Waals surface area contributed by atoms with Gasteiger partial charge in [0.15, 0.2) is 0 Å². The molecule has 0 radical (unpaired) electrons. The van der Waals surface area contributed by atoms with Crippen molar-refractivity contribution in [3.63, 3.8) is 0 Å². The lowest BCUT2D eigenvalue weighted by Gasteiger charge is -2.35. The second kappa shape index (κ2) is 6.57. The van der Waals surface area contributed by atoms with Gasteiger partial charge in [0.2, 0.25) is 0 Å². The number of carbonyl (C=O) groups is 1. The number of methoxy groups -OCH3 is 1. The van der Waals surface area contributed by atoms with E-state index in [0.29, 0.717) is 18.6 Å². The second-order valence-electron chi connectivity index (χ2n) is 4.45. The van der Waals surface area contributed by atoms with E-state index in [1.54, 1.807) is 0 Å². The minimum Gasteiger partial charge on any atom is -0.468 e. The fraction of sp³-hybridized carbons (Fsp3) is 0.909. The first-order chi connectivity index (χ1) is 7.54. The van der Waals surface area contributed by atoms with Crippen molar-refractivity contribution in [1.29, 1.82) is 0 Å². The third kappa shape index (κ3) is 4.03. The molecule has 1 fully saturated rings. The molecule has 1 N–H and O–H groups in total. The van der Waals surface area contributed by atoms with Crippen molar-refractivity contribution in [1.82, 2.24) is 10.2 Å². The average Bonchev–Trinajstić information content (AvgIpc) is 2.29. The van der Waals surface area contributed by atoms with E-state index in [1.165, 1.54) is 7.11 Å². The molecule has 1 heterocycles. The van der Waals surface area contributed by atoms with Gasteiger partial charge in [-0.2, -0.15) is 0 Å². The predicted octanol–water partition coefficient (Wildman–Crippen LogP) is 0.995. The van der Waals surface area contributed by atoms with Gasteiger partial charge in [-0.25, -0.2) is 0 Å². The lowest BCUT2D eigenvalue weighted by Crippen LogP contribution is -2.47. The number of rotatable bonds is 4. The van der Waals surface area contributed by atoms with Crippen LogP contribution in [0, 0.1) is 0 Å². The Bertz CT molecular complexity index is 238. The highest BCUT2D eigenvalue weighted by atomic mass is 79.9. The molecule has 16 heavy (non-hydrogen) atoms. The van der Waals surface area contributed by atoms with Crippen molar-refractivity contribution < 1.29 is 9.53 Å². The highest BCUT2D eigenvalue weighted by molar-refractivity contribution is 9.10. The monoisotopic (exact) mass is 292 g/mol. The van der Waals surface area contributed by atoms with Gasteiger partial charge in [0.25, 0.3) is 0 Å². The highest BCUT2D eigenvalue weighted by Gasteiger charge is 2.24.